The molecule has 0 bridgehead atoms. The van der Waals surface area contributed by atoms with Crippen molar-refractivity contribution in [3.05, 3.63) is 73.6 Å². The van der Waals surface area contributed by atoms with Crippen LogP contribution in [0.4, 0.5) is 0 Å². The van der Waals surface area contributed by atoms with Gasteiger partial charge in [-0.25, -0.2) is 0 Å². The Balaban J connectivity index is 0.000000116. The molecule has 16 aliphatic carbocycles. The van der Waals surface area contributed by atoms with Crippen molar-refractivity contribution in [3.8, 4) is 0 Å². The number of fused-ring (bicyclic) bond motifs is 22. The first kappa shape index (κ1) is 76.3. The van der Waals surface area contributed by atoms with Crippen molar-refractivity contribution >= 4 is 35.4 Å². The molecular weight excluding hydrogens is 1300 g/mol. The molecule has 18 rings (SSSR count). The molecule has 0 radical (unpaired) electrons. The van der Waals surface area contributed by atoms with E-state index >= 15 is 0 Å². The van der Waals surface area contributed by atoms with Gasteiger partial charge in [0.15, 0.2) is 17.4 Å². The molecule has 13 fully saturated rings. The van der Waals surface area contributed by atoms with Gasteiger partial charge in [0.25, 0.3) is 0 Å². The second-order valence-electron chi connectivity index (χ2n) is 38.5. The molecule has 14 heteroatoms. The molecule has 2 aliphatic heterocycles. The van der Waals surface area contributed by atoms with Gasteiger partial charge in [-0.1, -0.05) is 79.7 Å². The molecule has 2 spiro atoms. The van der Waals surface area contributed by atoms with E-state index in [1.165, 1.54) is 130 Å². The number of carbonyl (C=O) groups excluding carboxylic acids is 6. The van der Waals surface area contributed by atoms with Crippen LogP contribution in [0.15, 0.2) is 73.6 Å². The maximum atomic E-state index is 12.5. The van der Waals surface area contributed by atoms with Crippen molar-refractivity contribution in [2.75, 3.05) is 26.4 Å². The number of ether oxygens (including phenoxy) is 8. The zero-order valence-corrected chi connectivity index (χ0v) is 65.7. The summed E-state index contributed by atoms with van der Waals surface area (Å²) in [7, 11) is 0. The molecule has 11 saturated carbocycles. The SMILES string of the molecule is C=C.CC(=O)OC1=CCC2C3CCC4CC(OC(C)=O)C=C[C@]4(C)C3CC[C@]12C.CC(=O)OC1C=C[C@@]2(C)C(CCC3C2CC[C@@]2(C)C3CCC23OCCO3)C1.CC(=O)OC1C=C[C@@]2(C)C(CCC3C2CC[C@]2(C)C(=O)CCC32)C1.C[C@]12C=CC(=O)CC1CCC1C2CC[C@@]2(C)C1CCC21OCCO1. The number of carbonyl (C=O) groups is 6. The van der Waals surface area contributed by atoms with E-state index in [2.05, 4.69) is 117 Å². The Morgan fingerprint density at radius 1 is 0.404 bits per heavy atom. The first-order chi connectivity index (χ1) is 49.4. The van der Waals surface area contributed by atoms with Crippen molar-refractivity contribution in [1.29, 1.82) is 0 Å². The first-order valence-electron chi connectivity index (χ1n) is 41.7. The summed E-state index contributed by atoms with van der Waals surface area (Å²) < 4.78 is 47.0. The Bertz CT molecular complexity index is 3440. The standard InChI is InChI=1S/C23H34O4.C23H32O4.2C21H30O3.C2H4/c1-15(24)27-17-6-9-21(2)16(14-17)4-5-18-19(21)7-10-22(3)20(18)8-11-23(22)25-12-13-26-23;1-14(24)26-17-9-11-22(3)16(13-17)5-6-18-19-7-8-21(27-15(2)25)23(19,4)12-10-20(18)22;1-19-8-5-15(22)13-14(19)3-4-16-17(19)6-9-20(2)18(16)7-10-21(20)23-11-12-24-21;1-13(22)24-15-8-10-20(2)14(12-15)4-5-16-17-6-7-19(23)21(17,3)11-9-18(16)20;1-2/h6,9,16-20H,4-5,7-8,10-14H2,1-3H3;8-9,11,16-20H,5-7,10,12-13H2,1-4H3;5,8,14,16-18H,3-4,6-7,9-13H2,1-2H3;8,10,14-18H,4-7,9,11-12H2,1-3H3;1-2H2/t16?,17?,18?,19?,20?,21-,22-;16?,17?,18?,19?,20?,22-,23-;14?,16?,17?,18?,19-,20-;14?,15?,16?,17?,18?,20-,21-;/m0000./s1. The van der Waals surface area contributed by atoms with Crippen molar-refractivity contribution in [3.63, 3.8) is 0 Å². The van der Waals surface area contributed by atoms with Gasteiger partial charge in [-0.3, -0.25) is 28.8 Å². The summed E-state index contributed by atoms with van der Waals surface area (Å²) in [4.78, 5) is 69.9. The Morgan fingerprint density at radius 2 is 0.769 bits per heavy atom. The van der Waals surface area contributed by atoms with Crippen LogP contribution in [-0.4, -0.2) is 91.8 Å². The van der Waals surface area contributed by atoms with Crippen LogP contribution in [-0.2, 0) is 66.7 Å². The van der Waals surface area contributed by atoms with Crippen LogP contribution in [0.3, 0.4) is 0 Å². The van der Waals surface area contributed by atoms with Crippen LogP contribution in [0.2, 0.25) is 0 Å². The van der Waals surface area contributed by atoms with E-state index in [-0.39, 0.29) is 97.1 Å². The van der Waals surface area contributed by atoms with Gasteiger partial charge in [0.05, 0.1) is 26.4 Å². The zero-order chi connectivity index (χ0) is 74.0. The van der Waals surface area contributed by atoms with Crippen molar-refractivity contribution < 1.29 is 66.7 Å². The van der Waals surface area contributed by atoms with E-state index in [4.69, 9.17) is 37.9 Å². The number of ketones is 2. The summed E-state index contributed by atoms with van der Waals surface area (Å²) in [5, 5.41) is 0. The molecule has 0 aromatic heterocycles. The highest BCUT2D eigenvalue weighted by atomic mass is 16.7. The smallest absolute Gasteiger partial charge is 0.307 e. The lowest BCUT2D eigenvalue weighted by Gasteiger charge is -2.60. The third-order valence-electron chi connectivity index (χ3n) is 34.5. The lowest BCUT2D eigenvalue weighted by molar-refractivity contribution is -0.245. The fourth-order valence-electron chi connectivity index (χ4n) is 29.2. The van der Waals surface area contributed by atoms with E-state index < -0.39 is 0 Å². The minimum atomic E-state index is -0.302. The van der Waals surface area contributed by atoms with Crippen molar-refractivity contribution in [2.45, 2.75) is 286 Å². The number of esters is 4. The molecule has 2 heterocycles. The fraction of sp³-hybridized carbons (Fsp3) is 0.800. The van der Waals surface area contributed by atoms with Crippen LogP contribution in [0.1, 0.15) is 256 Å². The largest absolute Gasteiger partial charge is 0.458 e. The fourth-order valence-corrected chi connectivity index (χ4v) is 29.2. The van der Waals surface area contributed by atoms with E-state index in [9.17, 15) is 28.8 Å². The van der Waals surface area contributed by atoms with Crippen LogP contribution in [0.5, 0.6) is 0 Å². The Kier molecular flexibility index (Phi) is 20.8. The molecule has 27 atom stereocenters. The summed E-state index contributed by atoms with van der Waals surface area (Å²) in [5.74, 6) is 11.2. The Labute approximate surface area is 623 Å². The average Bonchev–Trinajstić information content (AvgIpc) is 1.48. The minimum absolute atomic E-state index is 0.00862. The molecule has 14 nitrogen and oxygen atoms in total. The predicted molar refractivity (Wildman–Crippen MR) is 399 cm³/mol. The monoisotopic (exact) mass is 1430 g/mol. The number of allylic oxidation sites excluding steroid dienone is 7. The van der Waals surface area contributed by atoms with Crippen LogP contribution < -0.4 is 0 Å². The summed E-state index contributed by atoms with van der Waals surface area (Å²) in [6.07, 6.45) is 50.5. The maximum Gasteiger partial charge on any atom is 0.307 e. The van der Waals surface area contributed by atoms with Crippen LogP contribution in [0, 0.1) is 138 Å². The lowest BCUT2D eigenvalue weighted by Crippen LogP contribution is -2.56. The normalized spacial score (nSPS) is 48.3. The van der Waals surface area contributed by atoms with Crippen LogP contribution in [0.25, 0.3) is 0 Å². The molecule has 0 aromatic carbocycles. The highest BCUT2D eigenvalue weighted by Gasteiger charge is 2.70. The molecule has 2 saturated heterocycles. The number of Topliss-reactive ketones (excluding diaryl/α,β-unsaturated/α-hetero) is 1. The van der Waals surface area contributed by atoms with Crippen LogP contribution >= 0.6 is 0 Å². The highest BCUT2D eigenvalue weighted by molar-refractivity contribution is 5.91. The molecule has 104 heavy (non-hydrogen) atoms. The zero-order valence-electron chi connectivity index (χ0n) is 65.7. The van der Waals surface area contributed by atoms with Gasteiger partial charge >= 0.3 is 23.9 Å². The van der Waals surface area contributed by atoms with Gasteiger partial charge in [0.1, 0.15) is 29.9 Å². The summed E-state index contributed by atoms with van der Waals surface area (Å²) in [6, 6.07) is 0. The third-order valence-corrected chi connectivity index (χ3v) is 34.5. The molecule has 19 unspecified atom stereocenters. The van der Waals surface area contributed by atoms with Gasteiger partial charge < -0.3 is 37.9 Å². The highest BCUT2D eigenvalue weighted by Crippen LogP contribution is 2.73. The molecule has 574 valence electrons. The van der Waals surface area contributed by atoms with Gasteiger partial charge in [-0.2, -0.15) is 0 Å². The number of rotatable bonds is 4. The molecule has 0 amide bonds. The number of hydrogen-bond donors (Lipinski definition) is 0. The van der Waals surface area contributed by atoms with Gasteiger partial charge in [-0.05, 0) is 294 Å². The van der Waals surface area contributed by atoms with Crippen molar-refractivity contribution in [1.82, 2.24) is 0 Å². The second kappa shape index (κ2) is 28.4. The number of hydrogen-bond acceptors (Lipinski definition) is 14. The van der Waals surface area contributed by atoms with E-state index in [1.807, 2.05) is 6.08 Å². The van der Waals surface area contributed by atoms with Crippen molar-refractivity contribution in [2.24, 2.45) is 138 Å². The molecule has 0 N–H and O–H groups in total. The van der Waals surface area contributed by atoms with Gasteiger partial charge in [0.2, 0.25) is 0 Å². The summed E-state index contributed by atoms with van der Waals surface area (Å²) >= 11 is 0. The van der Waals surface area contributed by atoms with E-state index in [1.54, 1.807) is 0 Å². The van der Waals surface area contributed by atoms with E-state index in [0.29, 0.717) is 76.7 Å². The first-order valence-corrected chi connectivity index (χ1v) is 41.7. The third kappa shape index (κ3) is 12.5. The molecule has 18 aliphatic rings. The average molecular weight is 1440 g/mol. The molecular formula is C90H130O14. The Hall–Kier alpha value is -4.50. The predicted octanol–water partition coefficient (Wildman–Crippen LogP) is 18.5. The summed E-state index contributed by atoms with van der Waals surface area (Å²) in [6.45, 7) is 34.3. The lowest BCUT2D eigenvalue weighted by atomic mass is 9.46. The quantitative estimate of drug-likeness (QED) is 0.148. The molecule has 0 aromatic rings. The Morgan fingerprint density at radius 3 is 1.18 bits per heavy atom. The summed E-state index contributed by atoms with van der Waals surface area (Å²) in [5.41, 5.74) is 1.20. The minimum Gasteiger partial charge on any atom is -0.458 e. The topological polar surface area (TPSA) is 176 Å². The van der Waals surface area contributed by atoms with Gasteiger partial charge in [-0.15, -0.1) is 13.2 Å². The second-order valence-corrected chi connectivity index (χ2v) is 38.5. The maximum absolute atomic E-state index is 12.5. The van der Waals surface area contributed by atoms with Gasteiger partial charge in [0, 0.05) is 75.0 Å². The van der Waals surface area contributed by atoms with E-state index in [0.717, 1.165) is 132 Å².